The SMILES string of the molecule is COc1ccc(C(=O)N2CCN(c3nc4ccc(Cl)cc4s3)CC2)cc1OC. The number of aromatic nitrogens is 1. The van der Waals surface area contributed by atoms with E-state index in [1.54, 1.807) is 43.8 Å². The van der Waals surface area contributed by atoms with Crippen molar-refractivity contribution in [3.63, 3.8) is 0 Å². The van der Waals surface area contributed by atoms with E-state index in [1.165, 1.54) is 0 Å². The van der Waals surface area contributed by atoms with Crippen LogP contribution >= 0.6 is 22.9 Å². The summed E-state index contributed by atoms with van der Waals surface area (Å²) in [5, 5.41) is 1.68. The highest BCUT2D eigenvalue weighted by atomic mass is 35.5. The summed E-state index contributed by atoms with van der Waals surface area (Å²) >= 11 is 7.70. The number of benzene rings is 2. The van der Waals surface area contributed by atoms with E-state index in [2.05, 4.69) is 4.90 Å². The number of nitrogens with zero attached hydrogens (tertiary/aromatic N) is 3. The molecule has 1 aliphatic heterocycles. The normalized spacial score (nSPS) is 14.4. The third kappa shape index (κ3) is 3.59. The van der Waals surface area contributed by atoms with E-state index in [9.17, 15) is 4.79 Å². The Kier molecular flexibility index (Phi) is 5.28. The molecule has 0 spiro atoms. The Morgan fingerprint density at radius 1 is 1.04 bits per heavy atom. The van der Waals surface area contributed by atoms with E-state index in [1.807, 2.05) is 23.1 Å². The Morgan fingerprint density at radius 3 is 2.50 bits per heavy atom. The van der Waals surface area contributed by atoms with Crippen LogP contribution in [0.5, 0.6) is 11.5 Å². The summed E-state index contributed by atoms with van der Waals surface area (Å²) < 4.78 is 11.6. The van der Waals surface area contributed by atoms with Crippen LogP contribution in [0.15, 0.2) is 36.4 Å². The molecule has 28 heavy (non-hydrogen) atoms. The fraction of sp³-hybridized carbons (Fsp3) is 0.300. The largest absolute Gasteiger partial charge is 0.493 e. The van der Waals surface area contributed by atoms with Gasteiger partial charge in [0.05, 0.1) is 24.4 Å². The zero-order chi connectivity index (χ0) is 19.7. The smallest absolute Gasteiger partial charge is 0.254 e. The molecule has 146 valence electrons. The summed E-state index contributed by atoms with van der Waals surface area (Å²) in [6.07, 6.45) is 0. The van der Waals surface area contributed by atoms with Crippen molar-refractivity contribution in [2.75, 3.05) is 45.3 Å². The number of anilines is 1. The highest BCUT2D eigenvalue weighted by Gasteiger charge is 2.24. The first-order valence-corrected chi connectivity index (χ1v) is 10.1. The number of piperazine rings is 1. The lowest BCUT2D eigenvalue weighted by atomic mass is 10.1. The molecule has 1 saturated heterocycles. The molecule has 0 aliphatic carbocycles. The third-order valence-corrected chi connectivity index (χ3v) is 6.12. The summed E-state index contributed by atoms with van der Waals surface area (Å²) in [6, 6.07) is 11.0. The van der Waals surface area contributed by atoms with Gasteiger partial charge in [-0.3, -0.25) is 4.79 Å². The molecule has 1 amide bonds. The molecule has 0 atom stereocenters. The van der Waals surface area contributed by atoms with Crippen LogP contribution in [0, 0.1) is 0 Å². The highest BCUT2D eigenvalue weighted by molar-refractivity contribution is 7.22. The van der Waals surface area contributed by atoms with Crippen molar-refractivity contribution < 1.29 is 14.3 Å². The minimum atomic E-state index is -0.00307. The maximum Gasteiger partial charge on any atom is 0.254 e. The predicted octanol–water partition coefficient (Wildman–Crippen LogP) is 3.93. The molecule has 1 aromatic heterocycles. The van der Waals surface area contributed by atoms with Crippen LogP contribution in [0.2, 0.25) is 5.02 Å². The van der Waals surface area contributed by atoms with Crippen molar-refractivity contribution in [1.82, 2.24) is 9.88 Å². The molecule has 2 aromatic carbocycles. The minimum Gasteiger partial charge on any atom is -0.493 e. The van der Waals surface area contributed by atoms with E-state index in [4.69, 9.17) is 26.1 Å². The molecule has 0 N–H and O–H groups in total. The molecule has 0 unspecified atom stereocenters. The molecular weight excluding hydrogens is 398 g/mol. The Labute approximate surface area is 172 Å². The number of hydrogen-bond donors (Lipinski definition) is 0. The third-order valence-electron chi connectivity index (χ3n) is 4.81. The van der Waals surface area contributed by atoms with E-state index in [-0.39, 0.29) is 5.91 Å². The van der Waals surface area contributed by atoms with Crippen LogP contribution in [0.25, 0.3) is 10.2 Å². The Balaban J connectivity index is 1.45. The minimum absolute atomic E-state index is 0.00307. The fourth-order valence-electron chi connectivity index (χ4n) is 3.27. The molecular formula is C20H20ClN3O3S. The van der Waals surface area contributed by atoms with Gasteiger partial charge in [-0.05, 0) is 36.4 Å². The average Bonchev–Trinajstić information content (AvgIpc) is 3.16. The molecule has 1 fully saturated rings. The van der Waals surface area contributed by atoms with Crippen molar-refractivity contribution in [3.05, 3.63) is 47.0 Å². The number of hydrogen-bond acceptors (Lipinski definition) is 6. The molecule has 0 radical (unpaired) electrons. The van der Waals surface area contributed by atoms with Crippen LogP contribution in [0.1, 0.15) is 10.4 Å². The summed E-state index contributed by atoms with van der Waals surface area (Å²) in [5.74, 6) is 1.16. The van der Waals surface area contributed by atoms with Crippen LogP contribution in [-0.4, -0.2) is 56.2 Å². The van der Waals surface area contributed by atoms with Gasteiger partial charge in [0.15, 0.2) is 16.6 Å². The second kappa shape index (κ2) is 7.85. The maximum absolute atomic E-state index is 12.9. The summed E-state index contributed by atoms with van der Waals surface area (Å²) in [4.78, 5) is 21.7. The monoisotopic (exact) mass is 417 g/mol. The summed E-state index contributed by atoms with van der Waals surface area (Å²) in [5.41, 5.74) is 1.55. The molecule has 3 aromatic rings. The maximum atomic E-state index is 12.9. The molecule has 0 saturated carbocycles. The average molecular weight is 418 g/mol. The number of halogens is 1. The van der Waals surface area contributed by atoms with Crippen LogP contribution < -0.4 is 14.4 Å². The van der Waals surface area contributed by atoms with Gasteiger partial charge in [0, 0.05) is 36.8 Å². The van der Waals surface area contributed by atoms with Gasteiger partial charge in [0.2, 0.25) is 0 Å². The molecule has 8 heteroatoms. The van der Waals surface area contributed by atoms with E-state index in [0.717, 1.165) is 28.4 Å². The van der Waals surface area contributed by atoms with Gasteiger partial charge in [0.25, 0.3) is 5.91 Å². The first kappa shape index (κ1) is 18.8. The molecule has 2 heterocycles. The first-order chi connectivity index (χ1) is 13.6. The molecule has 1 aliphatic rings. The van der Waals surface area contributed by atoms with Crippen molar-refractivity contribution in [2.24, 2.45) is 0 Å². The quantitative estimate of drug-likeness (QED) is 0.643. The van der Waals surface area contributed by atoms with Crippen molar-refractivity contribution in [3.8, 4) is 11.5 Å². The molecule has 6 nitrogen and oxygen atoms in total. The lowest BCUT2D eigenvalue weighted by Gasteiger charge is -2.34. The standard InChI is InChI=1S/C20H20ClN3O3S/c1-26-16-6-3-13(11-17(16)27-2)19(25)23-7-9-24(10-8-23)20-22-15-5-4-14(21)12-18(15)28-20/h3-6,11-12H,7-10H2,1-2H3. The van der Waals surface area contributed by atoms with Gasteiger partial charge in [-0.25, -0.2) is 4.98 Å². The predicted molar refractivity (Wildman–Crippen MR) is 112 cm³/mol. The highest BCUT2D eigenvalue weighted by Crippen LogP contribution is 2.32. The topological polar surface area (TPSA) is 54.9 Å². The van der Waals surface area contributed by atoms with Crippen molar-refractivity contribution in [1.29, 1.82) is 0 Å². The van der Waals surface area contributed by atoms with Crippen LogP contribution in [0.4, 0.5) is 5.13 Å². The zero-order valence-corrected chi connectivity index (χ0v) is 17.2. The fourth-order valence-corrected chi connectivity index (χ4v) is 4.57. The van der Waals surface area contributed by atoms with Gasteiger partial charge in [-0.1, -0.05) is 22.9 Å². The van der Waals surface area contributed by atoms with Crippen LogP contribution in [0.3, 0.4) is 0 Å². The number of ether oxygens (including phenoxy) is 2. The Morgan fingerprint density at radius 2 is 1.79 bits per heavy atom. The number of fused-ring (bicyclic) bond motifs is 1. The van der Waals surface area contributed by atoms with Gasteiger partial charge in [-0.2, -0.15) is 0 Å². The van der Waals surface area contributed by atoms with Crippen molar-refractivity contribution in [2.45, 2.75) is 0 Å². The first-order valence-electron chi connectivity index (χ1n) is 8.91. The lowest BCUT2D eigenvalue weighted by Crippen LogP contribution is -2.48. The Hall–Kier alpha value is -2.51. The van der Waals surface area contributed by atoms with Gasteiger partial charge in [-0.15, -0.1) is 0 Å². The molecule has 0 bridgehead atoms. The van der Waals surface area contributed by atoms with E-state index >= 15 is 0 Å². The summed E-state index contributed by atoms with van der Waals surface area (Å²) in [6.45, 7) is 2.77. The Bertz CT molecular complexity index is 1020. The number of carbonyl (C=O) groups excluding carboxylic acids is 1. The zero-order valence-electron chi connectivity index (χ0n) is 15.6. The second-order valence-corrected chi connectivity index (χ2v) is 7.90. The van der Waals surface area contributed by atoms with E-state index < -0.39 is 0 Å². The lowest BCUT2D eigenvalue weighted by molar-refractivity contribution is 0.0746. The number of amides is 1. The van der Waals surface area contributed by atoms with E-state index in [0.29, 0.717) is 35.2 Å². The number of carbonyl (C=O) groups is 1. The second-order valence-electron chi connectivity index (χ2n) is 6.46. The molecule has 4 rings (SSSR count). The van der Waals surface area contributed by atoms with Gasteiger partial charge in [0.1, 0.15) is 0 Å². The van der Waals surface area contributed by atoms with Gasteiger partial charge >= 0.3 is 0 Å². The van der Waals surface area contributed by atoms with Crippen LogP contribution in [-0.2, 0) is 0 Å². The number of rotatable bonds is 4. The number of methoxy groups -OCH3 is 2. The summed E-state index contributed by atoms with van der Waals surface area (Å²) in [7, 11) is 3.14. The number of thiazole rings is 1. The van der Waals surface area contributed by atoms with Gasteiger partial charge < -0.3 is 19.3 Å². The van der Waals surface area contributed by atoms with Crippen molar-refractivity contribution >= 4 is 44.2 Å².